The van der Waals surface area contributed by atoms with Crippen LogP contribution < -0.4 is 21.1 Å². The summed E-state index contributed by atoms with van der Waals surface area (Å²) in [5, 5.41) is 9.29. The quantitative estimate of drug-likeness (QED) is 0.328. The van der Waals surface area contributed by atoms with Crippen LogP contribution in [0.1, 0.15) is 12.0 Å². The minimum Gasteiger partial charge on any atom is -0.457 e. The number of nitrogens with one attached hydrogen (secondary N) is 2. The molecule has 1 aliphatic rings. The summed E-state index contributed by atoms with van der Waals surface area (Å²) in [4.78, 5) is 16.7. The van der Waals surface area contributed by atoms with E-state index in [4.69, 9.17) is 10.5 Å². The van der Waals surface area contributed by atoms with E-state index in [9.17, 15) is 4.79 Å². The van der Waals surface area contributed by atoms with E-state index in [2.05, 4.69) is 21.0 Å². The highest BCUT2D eigenvalue weighted by molar-refractivity contribution is 7.18. The van der Waals surface area contributed by atoms with E-state index >= 15 is 0 Å². The van der Waals surface area contributed by atoms with Crippen LogP contribution in [0, 0.1) is 5.92 Å². The number of ether oxygens (including phenoxy) is 1. The number of nitrogens with two attached hydrogens (primary N) is 1. The maximum Gasteiger partial charge on any atom is 0.244 e. The van der Waals surface area contributed by atoms with Gasteiger partial charge in [0.2, 0.25) is 5.91 Å². The van der Waals surface area contributed by atoms with Crippen LogP contribution >= 0.6 is 11.3 Å². The normalized spacial score (nSPS) is 15.7. The predicted molar refractivity (Wildman–Crippen MR) is 139 cm³/mol. The Labute approximate surface area is 202 Å². The van der Waals surface area contributed by atoms with Gasteiger partial charge in [-0.15, -0.1) is 11.3 Å². The first kappa shape index (κ1) is 22.1. The molecule has 34 heavy (non-hydrogen) atoms. The molecule has 5 rings (SSSR count). The molecule has 172 valence electrons. The topological polar surface area (TPSA) is 89.3 Å². The van der Waals surface area contributed by atoms with Crippen LogP contribution in [0.3, 0.4) is 0 Å². The number of amides is 1. The predicted octanol–water partition coefficient (Wildman–Crippen LogP) is 5.08. The molecule has 0 radical (unpaired) electrons. The zero-order valence-electron chi connectivity index (χ0n) is 18.7. The van der Waals surface area contributed by atoms with Crippen molar-refractivity contribution in [2.24, 2.45) is 5.92 Å². The molecule has 1 aliphatic heterocycles. The van der Waals surface area contributed by atoms with Crippen molar-refractivity contribution in [3.63, 3.8) is 0 Å². The maximum absolute atomic E-state index is 12.3. The van der Waals surface area contributed by atoms with Gasteiger partial charge in [0.05, 0.1) is 0 Å². The summed E-state index contributed by atoms with van der Waals surface area (Å²) < 4.78 is 6.91. The van der Waals surface area contributed by atoms with Crippen molar-refractivity contribution in [3.8, 4) is 22.6 Å². The number of carbonyl (C=O) groups excluding carboxylic acids is 1. The van der Waals surface area contributed by atoms with Crippen molar-refractivity contribution < 1.29 is 9.53 Å². The summed E-state index contributed by atoms with van der Waals surface area (Å²) in [5.41, 5.74) is 9.20. The number of hydrogen-bond acceptors (Lipinski definition) is 6. The Morgan fingerprint density at radius 2 is 1.97 bits per heavy atom. The van der Waals surface area contributed by atoms with Crippen molar-refractivity contribution in [3.05, 3.63) is 77.8 Å². The molecular formula is C27H26N4O2S. The van der Waals surface area contributed by atoms with Gasteiger partial charge >= 0.3 is 0 Å². The molecule has 1 saturated heterocycles. The van der Waals surface area contributed by atoms with Gasteiger partial charge in [-0.05, 0) is 66.7 Å². The number of thiophene rings is 1. The molecule has 1 atom stereocenters. The van der Waals surface area contributed by atoms with Gasteiger partial charge in [0.1, 0.15) is 17.3 Å². The third kappa shape index (κ3) is 4.95. The Morgan fingerprint density at radius 1 is 1.18 bits per heavy atom. The molecule has 3 heterocycles. The number of aromatic nitrogens is 1. The lowest BCUT2D eigenvalue weighted by Gasteiger charge is -2.08. The number of carbonyl (C=O) groups is 1. The first-order valence-electron chi connectivity index (χ1n) is 11.3. The second-order valence-electron chi connectivity index (χ2n) is 8.33. The van der Waals surface area contributed by atoms with Crippen LogP contribution in [0.15, 0.2) is 72.3 Å². The van der Waals surface area contributed by atoms with Crippen LogP contribution in [0.25, 0.3) is 27.3 Å². The van der Waals surface area contributed by atoms with Gasteiger partial charge < -0.3 is 21.1 Å². The lowest BCUT2D eigenvalue weighted by Crippen LogP contribution is -2.28. The highest BCUT2D eigenvalue weighted by Gasteiger charge is 2.15. The van der Waals surface area contributed by atoms with E-state index in [1.807, 2.05) is 60.7 Å². The molecule has 1 fully saturated rings. The fourth-order valence-corrected chi connectivity index (χ4v) is 5.18. The van der Waals surface area contributed by atoms with E-state index in [-0.39, 0.29) is 5.91 Å². The van der Waals surface area contributed by atoms with Gasteiger partial charge in [-0.1, -0.05) is 30.3 Å². The molecule has 0 aliphatic carbocycles. The van der Waals surface area contributed by atoms with Gasteiger partial charge in [-0.3, -0.25) is 4.79 Å². The molecule has 6 nitrogen and oxygen atoms in total. The Kier molecular flexibility index (Phi) is 6.56. The van der Waals surface area contributed by atoms with Gasteiger partial charge in [0.15, 0.2) is 0 Å². The Bertz CT molecular complexity index is 1310. The number of anilines is 1. The van der Waals surface area contributed by atoms with Crippen LogP contribution in [-0.4, -0.2) is 30.5 Å². The van der Waals surface area contributed by atoms with E-state index in [1.165, 1.54) is 0 Å². The van der Waals surface area contributed by atoms with Crippen LogP contribution in [0.2, 0.25) is 0 Å². The minimum absolute atomic E-state index is 0.0948. The van der Waals surface area contributed by atoms with Crippen molar-refractivity contribution in [1.29, 1.82) is 0 Å². The average molecular weight is 471 g/mol. The van der Waals surface area contributed by atoms with Crippen molar-refractivity contribution in [2.75, 3.05) is 25.4 Å². The van der Waals surface area contributed by atoms with Gasteiger partial charge in [-0.25, -0.2) is 4.98 Å². The number of pyridine rings is 1. The highest BCUT2D eigenvalue weighted by Crippen LogP contribution is 2.39. The second-order valence-corrected chi connectivity index (χ2v) is 9.21. The summed E-state index contributed by atoms with van der Waals surface area (Å²) >= 11 is 1.60. The van der Waals surface area contributed by atoms with Crippen molar-refractivity contribution >= 4 is 39.2 Å². The number of benzene rings is 2. The fourth-order valence-electron chi connectivity index (χ4n) is 4.10. The number of rotatable bonds is 7. The molecule has 1 unspecified atom stereocenters. The number of fused-ring (bicyclic) bond motifs is 1. The second kappa shape index (κ2) is 10.1. The lowest BCUT2D eigenvalue weighted by atomic mass is 10.0. The smallest absolute Gasteiger partial charge is 0.244 e. The third-order valence-corrected chi connectivity index (χ3v) is 6.97. The monoisotopic (exact) mass is 470 g/mol. The maximum atomic E-state index is 12.3. The van der Waals surface area contributed by atoms with Crippen molar-refractivity contribution in [2.45, 2.75) is 6.42 Å². The van der Waals surface area contributed by atoms with E-state index in [0.29, 0.717) is 18.3 Å². The summed E-state index contributed by atoms with van der Waals surface area (Å²) in [7, 11) is 0. The fraction of sp³-hybridized carbons (Fsp3) is 0.185. The number of nitrogens with zero attached hydrogens (tertiary/aromatic N) is 1. The Balaban J connectivity index is 1.34. The van der Waals surface area contributed by atoms with Crippen LogP contribution in [0.4, 0.5) is 5.82 Å². The molecule has 7 heteroatoms. The number of hydrogen-bond donors (Lipinski definition) is 3. The van der Waals surface area contributed by atoms with Gasteiger partial charge in [0.25, 0.3) is 0 Å². The number of para-hydroxylation sites is 1. The third-order valence-electron chi connectivity index (χ3n) is 5.94. The lowest BCUT2D eigenvalue weighted by molar-refractivity contribution is -0.116. The molecular weight excluding hydrogens is 444 g/mol. The van der Waals surface area contributed by atoms with Crippen molar-refractivity contribution in [1.82, 2.24) is 15.6 Å². The van der Waals surface area contributed by atoms with Gasteiger partial charge in [0, 0.05) is 40.0 Å². The van der Waals surface area contributed by atoms with Gasteiger partial charge in [-0.2, -0.15) is 0 Å². The summed E-state index contributed by atoms with van der Waals surface area (Å²) in [6.45, 7) is 2.68. The highest BCUT2D eigenvalue weighted by atomic mass is 32.1. The summed E-state index contributed by atoms with van der Waals surface area (Å²) in [5.74, 6) is 2.45. The molecule has 0 saturated carbocycles. The van der Waals surface area contributed by atoms with Crippen LogP contribution in [-0.2, 0) is 4.79 Å². The summed E-state index contributed by atoms with van der Waals surface area (Å²) in [6, 6.07) is 17.6. The first-order valence-corrected chi connectivity index (χ1v) is 12.2. The SMILES string of the molecule is Nc1ncc(C=CC(=O)NCC2CCNC2)c2scc(-c3ccc(Oc4ccccc4)cc3)c12. The van der Waals surface area contributed by atoms with E-state index in [1.54, 1.807) is 23.6 Å². The zero-order valence-corrected chi connectivity index (χ0v) is 19.5. The molecule has 0 spiro atoms. The molecule has 2 aromatic heterocycles. The average Bonchev–Trinajstić information content (AvgIpc) is 3.54. The first-order chi connectivity index (χ1) is 16.7. The molecule has 4 N–H and O–H groups in total. The Hall–Kier alpha value is -3.68. The van der Waals surface area contributed by atoms with Crippen LogP contribution in [0.5, 0.6) is 11.5 Å². The number of nitrogen functional groups attached to an aromatic ring is 1. The zero-order chi connectivity index (χ0) is 23.3. The minimum atomic E-state index is -0.0948. The standard InChI is InChI=1S/C27H26N4O2S/c28-27-25-23(19-6-9-22(10-7-19)33-21-4-2-1-3-5-21)17-34-26(25)20(16-31-27)8-11-24(32)30-15-18-12-13-29-14-18/h1-11,16-18,29H,12-15H2,(H2,28,31)(H,30,32). The molecule has 2 aromatic carbocycles. The Morgan fingerprint density at radius 3 is 2.74 bits per heavy atom. The molecule has 1 amide bonds. The summed E-state index contributed by atoms with van der Waals surface area (Å²) in [6.07, 6.45) is 6.21. The molecule has 0 bridgehead atoms. The van der Waals surface area contributed by atoms with E-state index < -0.39 is 0 Å². The largest absolute Gasteiger partial charge is 0.457 e. The molecule has 4 aromatic rings. The van der Waals surface area contributed by atoms with E-state index in [0.717, 1.165) is 57.8 Å².